The molecule has 2 heterocycles. The largest absolute Gasteiger partial charge is 0.495 e. The average Bonchev–Trinajstić information content (AvgIpc) is 3.37. The highest BCUT2D eigenvalue weighted by atomic mass is 35.5. The van der Waals surface area contributed by atoms with Gasteiger partial charge in [0.2, 0.25) is 17.7 Å². The quantitative estimate of drug-likeness (QED) is 0.338. The second kappa shape index (κ2) is 9.58. The minimum absolute atomic E-state index is 0.00508. The van der Waals surface area contributed by atoms with Gasteiger partial charge in [-0.25, -0.2) is 4.90 Å². The number of carbonyl (C=O) groups is 4. The van der Waals surface area contributed by atoms with Crippen LogP contribution in [-0.4, -0.2) is 37.3 Å². The number of halogens is 1. The number of methoxy groups -OCH3 is 1. The zero-order valence-electron chi connectivity index (χ0n) is 20.2. The second-order valence-corrected chi connectivity index (χ2v) is 10.0. The fourth-order valence-electron chi connectivity index (χ4n) is 5.51. The van der Waals surface area contributed by atoms with Crippen LogP contribution in [0.15, 0.2) is 36.4 Å². The number of rotatable bonds is 5. The van der Waals surface area contributed by atoms with Gasteiger partial charge >= 0.3 is 5.97 Å². The molecule has 3 atom stereocenters. The van der Waals surface area contributed by atoms with Gasteiger partial charge in [0, 0.05) is 18.0 Å². The number of benzene rings is 2. The Morgan fingerprint density at radius 1 is 0.972 bits per heavy atom. The van der Waals surface area contributed by atoms with Crippen molar-refractivity contribution in [1.29, 1.82) is 0 Å². The van der Waals surface area contributed by atoms with Crippen LogP contribution in [0.2, 0.25) is 5.02 Å². The zero-order chi connectivity index (χ0) is 25.6. The van der Waals surface area contributed by atoms with E-state index in [9.17, 15) is 19.2 Å². The van der Waals surface area contributed by atoms with E-state index in [4.69, 9.17) is 21.1 Å². The molecule has 3 aliphatic rings. The maximum atomic E-state index is 13.0. The lowest BCUT2D eigenvalue weighted by molar-refractivity contribution is -0.139. The molecule has 188 valence electrons. The number of nitrogens with zero attached hydrogens (tertiary/aromatic N) is 2. The van der Waals surface area contributed by atoms with Crippen molar-refractivity contribution in [2.24, 2.45) is 17.8 Å². The zero-order valence-corrected chi connectivity index (χ0v) is 20.9. The summed E-state index contributed by atoms with van der Waals surface area (Å²) in [5.41, 5.74) is 1.69. The van der Waals surface area contributed by atoms with Crippen molar-refractivity contribution in [3.63, 3.8) is 0 Å². The van der Waals surface area contributed by atoms with Crippen LogP contribution >= 0.6 is 11.6 Å². The molecule has 0 N–H and O–H groups in total. The summed E-state index contributed by atoms with van der Waals surface area (Å²) in [6.45, 7) is 1.92. The number of hydrogen-bond donors (Lipinski definition) is 0. The number of esters is 1. The van der Waals surface area contributed by atoms with Crippen molar-refractivity contribution >= 4 is 46.7 Å². The molecule has 1 aliphatic carbocycles. The fourth-order valence-corrected chi connectivity index (χ4v) is 5.68. The van der Waals surface area contributed by atoms with E-state index in [1.165, 1.54) is 16.9 Å². The van der Waals surface area contributed by atoms with Crippen molar-refractivity contribution in [1.82, 2.24) is 0 Å². The Labute approximate surface area is 214 Å². The molecule has 0 spiro atoms. The summed E-state index contributed by atoms with van der Waals surface area (Å²) in [6.07, 6.45) is 3.43. The lowest BCUT2D eigenvalue weighted by atomic mass is 9.81. The summed E-state index contributed by atoms with van der Waals surface area (Å²) < 4.78 is 10.9. The first kappa shape index (κ1) is 24.3. The van der Waals surface area contributed by atoms with Crippen LogP contribution < -0.4 is 19.3 Å². The fraction of sp³-hybridized carbons (Fsp3) is 0.407. The van der Waals surface area contributed by atoms with Crippen LogP contribution in [0.5, 0.6) is 11.5 Å². The molecule has 3 amide bonds. The van der Waals surface area contributed by atoms with Gasteiger partial charge in [0.1, 0.15) is 11.5 Å². The highest BCUT2D eigenvalue weighted by Gasteiger charge is 2.49. The number of fused-ring (bicyclic) bond motifs is 1. The highest BCUT2D eigenvalue weighted by molar-refractivity contribution is 6.31. The molecule has 0 unspecified atom stereocenters. The average molecular weight is 511 g/mol. The Morgan fingerprint density at radius 3 is 2.31 bits per heavy atom. The number of ether oxygens (including phenoxy) is 2. The van der Waals surface area contributed by atoms with E-state index >= 15 is 0 Å². The predicted octanol–water partition coefficient (Wildman–Crippen LogP) is 4.30. The molecule has 0 aromatic heterocycles. The van der Waals surface area contributed by atoms with Gasteiger partial charge in [0.15, 0.2) is 0 Å². The van der Waals surface area contributed by atoms with E-state index in [0.29, 0.717) is 33.5 Å². The van der Waals surface area contributed by atoms with Gasteiger partial charge in [-0.2, -0.15) is 0 Å². The molecule has 3 fully saturated rings. The van der Waals surface area contributed by atoms with Gasteiger partial charge in [0.05, 0.1) is 36.2 Å². The Balaban J connectivity index is 1.29. The summed E-state index contributed by atoms with van der Waals surface area (Å²) in [7, 11) is 1.50. The molecule has 2 aliphatic heterocycles. The van der Waals surface area contributed by atoms with E-state index in [1.54, 1.807) is 43.3 Å². The first-order chi connectivity index (χ1) is 17.3. The van der Waals surface area contributed by atoms with Gasteiger partial charge in [-0.15, -0.1) is 0 Å². The van der Waals surface area contributed by atoms with Crippen molar-refractivity contribution in [3.05, 3.63) is 47.0 Å². The first-order valence-corrected chi connectivity index (χ1v) is 12.5. The standard InChI is InChI=1S/C27H27ClN2O6/c1-15-11-18(8-9-21(15)30-25(32)19-5-3-4-6-20(19)26(30)33)36-27(34)16-12-24(31)29(14-16)22-13-17(28)7-10-23(22)35-2/h7-11,13,16,19-20H,3-6,12,14H2,1-2H3/t16-,19+,20+/m1/s1. The molecule has 5 rings (SSSR count). The monoisotopic (exact) mass is 510 g/mol. The SMILES string of the molecule is COc1ccc(Cl)cc1N1C[C@H](C(=O)Oc2ccc(N3C(=O)[C@H]4CCCC[C@@H]4C3=O)c(C)c2)CC1=O. The van der Waals surface area contributed by atoms with Gasteiger partial charge in [-0.05, 0) is 61.7 Å². The Hall–Kier alpha value is -3.39. The van der Waals surface area contributed by atoms with Crippen LogP contribution in [0.3, 0.4) is 0 Å². The number of aryl methyl sites for hydroxylation is 1. The summed E-state index contributed by atoms with van der Waals surface area (Å²) >= 11 is 6.10. The van der Waals surface area contributed by atoms with E-state index < -0.39 is 11.9 Å². The maximum absolute atomic E-state index is 13.0. The van der Waals surface area contributed by atoms with Crippen molar-refractivity contribution in [2.75, 3.05) is 23.5 Å². The molecule has 2 aromatic carbocycles. The summed E-state index contributed by atoms with van der Waals surface area (Å²) in [4.78, 5) is 54.3. The van der Waals surface area contributed by atoms with Crippen molar-refractivity contribution in [3.8, 4) is 11.5 Å². The third kappa shape index (κ3) is 4.23. The van der Waals surface area contributed by atoms with Crippen LogP contribution in [-0.2, 0) is 19.2 Å². The van der Waals surface area contributed by atoms with E-state index in [0.717, 1.165) is 25.7 Å². The lowest BCUT2D eigenvalue weighted by Crippen LogP contribution is -2.31. The molecule has 0 bridgehead atoms. The molecule has 0 radical (unpaired) electrons. The minimum atomic E-state index is -0.661. The Morgan fingerprint density at radius 2 is 1.67 bits per heavy atom. The topological polar surface area (TPSA) is 93.2 Å². The van der Waals surface area contributed by atoms with Crippen LogP contribution in [0.1, 0.15) is 37.7 Å². The van der Waals surface area contributed by atoms with Crippen molar-refractivity contribution in [2.45, 2.75) is 39.0 Å². The number of amides is 3. The molecular weight excluding hydrogens is 484 g/mol. The third-order valence-electron chi connectivity index (χ3n) is 7.36. The third-order valence-corrected chi connectivity index (χ3v) is 7.59. The van der Waals surface area contributed by atoms with Crippen LogP contribution in [0, 0.1) is 24.7 Å². The summed E-state index contributed by atoms with van der Waals surface area (Å²) in [5.74, 6) is -1.38. The number of hydrogen-bond acceptors (Lipinski definition) is 6. The first-order valence-electron chi connectivity index (χ1n) is 12.1. The molecule has 36 heavy (non-hydrogen) atoms. The Kier molecular flexibility index (Phi) is 6.47. The van der Waals surface area contributed by atoms with Gasteiger partial charge in [-0.1, -0.05) is 24.4 Å². The maximum Gasteiger partial charge on any atom is 0.316 e. The number of imide groups is 1. The second-order valence-electron chi connectivity index (χ2n) is 9.60. The molecule has 1 saturated carbocycles. The van der Waals surface area contributed by atoms with Crippen LogP contribution in [0.25, 0.3) is 0 Å². The molecule has 9 heteroatoms. The lowest BCUT2D eigenvalue weighted by Gasteiger charge is -2.20. The molecule has 2 saturated heterocycles. The van der Waals surface area contributed by atoms with Gasteiger partial charge < -0.3 is 14.4 Å². The summed E-state index contributed by atoms with van der Waals surface area (Å²) in [5, 5.41) is 0.453. The molecule has 2 aromatic rings. The van der Waals surface area contributed by atoms with Gasteiger partial charge in [-0.3, -0.25) is 19.2 Å². The summed E-state index contributed by atoms with van der Waals surface area (Å²) in [6, 6.07) is 9.84. The van der Waals surface area contributed by atoms with E-state index in [2.05, 4.69) is 0 Å². The molecule has 8 nitrogen and oxygen atoms in total. The smallest absolute Gasteiger partial charge is 0.316 e. The predicted molar refractivity (Wildman–Crippen MR) is 133 cm³/mol. The number of carbonyl (C=O) groups excluding carboxylic acids is 4. The Bertz CT molecular complexity index is 1240. The normalized spacial score (nSPS) is 23.8. The van der Waals surface area contributed by atoms with E-state index in [1.807, 2.05) is 0 Å². The number of anilines is 2. The van der Waals surface area contributed by atoms with Crippen molar-refractivity contribution < 1.29 is 28.7 Å². The van der Waals surface area contributed by atoms with E-state index in [-0.39, 0.29) is 42.5 Å². The van der Waals surface area contributed by atoms with Gasteiger partial charge in [0.25, 0.3) is 0 Å². The van der Waals surface area contributed by atoms with Crippen LogP contribution in [0.4, 0.5) is 11.4 Å². The minimum Gasteiger partial charge on any atom is -0.495 e. The highest BCUT2D eigenvalue weighted by Crippen LogP contribution is 2.41. The molecular formula is C27H27ClN2O6.